The standard InChI is InChI=1S/C15H24ClNO4/c1-13(2,3)21-12(19)17-15-7-4-14(5-8-15,6-9-15)11(18)20-10-16/h4-10H2,1-3H3,(H,17,19). The quantitative estimate of drug-likeness (QED) is 0.640. The van der Waals surface area contributed by atoms with Gasteiger partial charge >= 0.3 is 12.1 Å². The van der Waals surface area contributed by atoms with Gasteiger partial charge in [-0.05, 0) is 59.3 Å². The summed E-state index contributed by atoms with van der Waals surface area (Å²) in [5.74, 6) is -0.192. The van der Waals surface area contributed by atoms with E-state index in [9.17, 15) is 9.59 Å². The van der Waals surface area contributed by atoms with Crippen molar-refractivity contribution in [1.29, 1.82) is 0 Å². The van der Waals surface area contributed by atoms with Gasteiger partial charge in [-0.2, -0.15) is 0 Å². The number of halogens is 1. The summed E-state index contributed by atoms with van der Waals surface area (Å²) in [5.41, 5.74) is -1.13. The maximum atomic E-state index is 12.1. The Hall–Kier alpha value is -0.970. The molecule has 2 bridgehead atoms. The van der Waals surface area contributed by atoms with Crippen molar-refractivity contribution >= 4 is 23.7 Å². The van der Waals surface area contributed by atoms with Crippen molar-refractivity contribution in [3.63, 3.8) is 0 Å². The smallest absolute Gasteiger partial charge is 0.408 e. The minimum absolute atomic E-state index is 0.0954. The first-order valence-electron chi connectivity index (χ1n) is 7.45. The Bertz CT molecular complexity index is 405. The molecule has 0 aromatic heterocycles. The highest BCUT2D eigenvalue weighted by Crippen LogP contribution is 2.53. The number of carbonyl (C=O) groups is 2. The van der Waals surface area contributed by atoms with Crippen LogP contribution in [-0.2, 0) is 14.3 Å². The number of alkyl carbamates (subject to hydrolysis) is 1. The molecule has 0 atom stereocenters. The molecule has 0 heterocycles. The summed E-state index contributed by atoms with van der Waals surface area (Å²) in [6, 6.07) is -0.0954. The molecule has 0 aliphatic heterocycles. The highest BCUT2D eigenvalue weighted by Gasteiger charge is 2.54. The Kier molecular flexibility index (Phi) is 4.43. The molecule has 0 spiro atoms. The Balaban J connectivity index is 1.95. The SMILES string of the molecule is CC(C)(C)OC(=O)NC12CCC(C(=O)OCCl)(CC1)CC2. The fraction of sp³-hybridized carbons (Fsp3) is 0.867. The van der Waals surface area contributed by atoms with E-state index in [4.69, 9.17) is 21.1 Å². The molecule has 3 saturated carbocycles. The lowest BCUT2D eigenvalue weighted by Gasteiger charge is -2.51. The van der Waals surface area contributed by atoms with Crippen molar-refractivity contribution in [3.05, 3.63) is 0 Å². The van der Waals surface area contributed by atoms with E-state index in [1.807, 2.05) is 20.8 Å². The van der Waals surface area contributed by atoms with Gasteiger partial charge < -0.3 is 14.8 Å². The van der Waals surface area contributed by atoms with Gasteiger partial charge in [-0.25, -0.2) is 4.79 Å². The predicted octanol–water partition coefficient (Wildman–Crippen LogP) is 3.34. The Morgan fingerprint density at radius 1 is 1.10 bits per heavy atom. The molecule has 0 aromatic rings. The van der Waals surface area contributed by atoms with Gasteiger partial charge in [0.1, 0.15) is 5.60 Å². The van der Waals surface area contributed by atoms with E-state index in [2.05, 4.69) is 5.32 Å². The van der Waals surface area contributed by atoms with Gasteiger partial charge in [0, 0.05) is 5.54 Å². The predicted molar refractivity (Wildman–Crippen MR) is 79.0 cm³/mol. The summed E-state index contributed by atoms with van der Waals surface area (Å²) in [5, 5.41) is 3.03. The van der Waals surface area contributed by atoms with Crippen LogP contribution in [0.5, 0.6) is 0 Å². The Morgan fingerprint density at radius 2 is 1.62 bits per heavy atom. The molecule has 3 rings (SSSR count). The summed E-state index contributed by atoms with van der Waals surface area (Å²) in [6.07, 6.45) is 4.17. The van der Waals surface area contributed by atoms with Crippen LogP contribution in [0.25, 0.3) is 0 Å². The minimum Gasteiger partial charge on any atom is -0.449 e. The van der Waals surface area contributed by atoms with Gasteiger partial charge in [-0.15, -0.1) is 0 Å². The second kappa shape index (κ2) is 5.67. The van der Waals surface area contributed by atoms with Crippen molar-refractivity contribution in [2.45, 2.75) is 70.4 Å². The molecule has 3 aliphatic carbocycles. The zero-order valence-corrected chi connectivity index (χ0v) is 13.7. The summed E-state index contributed by atoms with van der Waals surface area (Å²) in [7, 11) is 0. The molecule has 1 amide bonds. The summed E-state index contributed by atoms with van der Waals surface area (Å²) < 4.78 is 10.3. The summed E-state index contributed by atoms with van der Waals surface area (Å²) in [4.78, 5) is 24.1. The monoisotopic (exact) mass is 317 g/mol. The topological polar surface area (TPSA) is 64.6 Å². The third kappa shape index (κ3) is 3.62. The van der Waals surface area contributed by atoms with E-state index < -0.39 is 11.0 Å². The van der Waals surface area contributed by atoms with Gasteiger partial charge in [0.25, 0.3) is 0 Å². The van der Waals surface area contributed by atoms with Crippen LogP contribution in [0.2, 0.25) is 0 Å². The molecule has 5 nitrogen and oxygen atoms in total. The molecule has 120 valence electrons. The van der Waals surface area contributed by atoms with Crippen molar-refractivity contribution in [3.8, 4) is 0 Å². The van der Waals surface area contributed by atoms with Crippen LogP contribution in [0.4, 0.5) is 4.79 Å². The molecule has 1 N–H and O–H groups in total. The van der Waals surface area contributed by atoms with Gasteiger partial charge in [0.15, 0.2) is 6.07 Å². The van der Waals surface area contributed by atoms with E-state index in [-0.39, 0.29) is 23.7 Å². The average molecular weight is 318 g/mol. The number of rotatable bonds is 3. The third-order valence-corrected chi connectivity index (χ3v) is 4.74. The maximum absolute atomic E-state index is 12.1. The van der Waals surface area contributed by atoms with Gasteiger partial charge in [0.2, 0.25) is 0 Å². The van der Waals surface area contributed by atoms with E-state index in [0.29, 0.717) is 0 Å². The van der Waals surface area contributed by atoms with Crippen LogP contribution in [0.15, 0.2) is 0 Å². The normalized spacial score (nSPS) is 31.6. The van der Waals surface area contributed by atoms with Crippen LogP contribution in [0, 0.1) is 5.41 Å². The average Bonchev–Trinajstić information content (AvgIpc) is 2.38. The van der Waals surface area contributed by atoms with Crippen molar-refractivity contribution in [1.82, 2.24) is 5.32 Å². The highest BCUT2D eigenvalue weighted by molar-refractivity contribution is 6.17. The fourth-order valence-corrected chi connectivity index (χ4v) is 3.50. The molecule has 3 fully saturated rings. The number of fused-ring (bicyclic) bond motifs is 3. The Morgan fingerprint density at radius 3 is 2.05 bits per heavy atom. The molecular formula is C15H24ClNO4. The molecule has 3 aliphatic rings. The lowest BCUT2D eigenvalue weighted by molar-refractivity contribution is -0.161. The van der Waals surface area contributed by atoms with Crippen molar-refractivity contribution < 1.29 is 19.1 Å². The summed E-state index contributed by atoms with van der Waals surface area (Å²) in [6.45, 7) is 5.54. The largest absolute Gasteiger partial charge is 0.449 e. The minimum atomic E-state index is -0.502. The summed E-state index contributed by atoms with van der Waals surface area (Å²) >= 11 is 5.49. The fourth-order valence-electron chi connectivity index (χ4n) is 3.40. The number of alkyl halides is 1. The van der Waals surface area contributed by atoms with E-state index in [0.717, 1.165) is 38.5 Å². The molecule has 0 saturated heterocycles. The van der Waals surface area contributed by atoms with Gasteiger partial charge in [-0.1, -0.05) is 11.6 Å². The van der Waals surface area contributed by atoms with Crippen LogP contribution < -0.4 is 5.32 Å². The number of hydrogen-bond donors (Lipinski definition) is 1. The van der Waals surface area contributed by atoms with Crippen LogP contribution in [0.3, 0.4) is 0 Å². The zero-order valence-electron chi connectivity index (χ0n) is 13.0. The van der Waals surface area contributed by atoms with E-state index in [1.54, 1.807) is 0 Å². The lowest BCUT2D eigenvalue weighted by atomic mass is 9.57. The first-order chi connectivity index (χ1) is 9.70. The van der Waals surface area contributed by atoms with E-state index in [1.165, 1.54) is 0 Å². The third-order valence-electron chi connectivity index (χ3n) is 4.63. The second-order valence-electron chi connectivity index (χ2n) is 7.23. The van der Waals surface area contributed by atoms with E-state index >= 15 is 0 Å². The highest BCUT2D eigenvalue weighted by atomic mass is 35.5. The molecule has 0 aromatic carbocycles. The number of ether oxygens (including phenoxy) is 2. The number of amides is 1. The Labute approximate surface area is 130 Å². The van der Waals surface area contributed by atoms with Gasteiger partial charge in [-0.3, -0.25) is 4.79 Å². The second-order valence-corrected chi connectivity index (χ2v) is 7.45. The zero-order chi connectivity index (χ0) is 15.7. The maximum Gasteiger partial charge on any atom is 0.408 e. The number of esters is 1. The van der Waals surface area contributed by atoms with Crippen molar-refractivity contribution in [2.24, 2.45) is 5.41 Å². The van der Waals surface area contributed by atoms with Crippen molar-refractivity contribution in [2.75, 3.05) is 6.07 Å². The number of carbonyl (C=O) groups excluding carboxylic acids is 2. The lowest BCUT2D eigenvalue weighted by Crippen LogP contribution is -2.59. The number of nitrogens with one attached hydrogen (secondary N) is 1. The molecule has 21 heavy (non-hydrogen) atoms. The molecular weight excluding hydrogens is 294 g/mol. The van der Waals surface area contributed by atoms with Crippen LogP contribution >= 0.6 is 11.6 Å². The molecule has 6 heteroatoms. The first-order valence-corrected chi connectivity index (χ1v) is 7.98. The van der Waals surface area contributed by atoms with Crippen LogP contribution in [-0.4, -0.2) is 29.3 Å². The van der Waals surface area contributed by atoms with Gasteiger partial charge in [0.05, 0.1) is 5.41 Å². The molecule has 0 unspecified atom stereocenters. The first kappa shape index (κ1) is 16.4. The number of hydrogen-bond acceptors (Lipinski definition) is 4. The molecule has 0 radical (unpaired) electrons. The van der Waals surface area contributed by atoms with Crippen LogP contribution in [0.1, 0.15) is 59.3 Å².